The minimum atomic E-state index is -0.600. The second kappa shape index (κ2) is 6.55. The molecule has 1 heterocycles. The molecule has 1 aliphatic heterocycles. The maximum Gasteiger partial charge on any atom is 0.215 e. The van der Waals surface area contributed by atoms with Gasteiger partial charge in [0.2, 0.25) is 9.28 Å². The van der Waals surface area contributed by atoms with Crippen LogP contribution in [0, 0.1) is 0 Å². The maximum absolute atomic E-state index is 5.86. The molecule has 0 atom stereocenters. The standard InChI is InChI=1S/C25H19OSi2/c1-2-6-18-15-22-20(13-17(18)5-1)9-10-21-14-19-7-3-8-25(24(19)16-23(21)22)28-12-4-11-26-27-28/h1-3,5-10,13-16H,4,11-12H2. The molecule has 1 aliphatic rings. The van der Waals surface area contributed by atoms with Gasteiger partial charge in [0, 0.05) is 6.61 Å². The summed E-state index contributed by atoms with van der Waals surface area (Å²) in [6, 6.07) is 30.9. The van der Waals surface area contributed by atoms with Crippen LogP contribution in [-0.4, -0.2) is 24.2 Å². The van der Waals surface area contributed by atoms with Crippen molar-refractivity contribution < 1.29 is 4.43 Å². The molecule has 1 saturated heterocycles. The van der Waals surface area contributed by atoms with Gasteiger partial charge in [-0.15, -0.1) is 0 Å². The number of hydrogen-bond donors (Lipinski definition) is 0. The molecule has 5 aromatic carbocycles. The molecular formula is C25H19OSi2. The number of fused-ring (bicyclic) bond motifs is 5. The summed E-state index contributed by atoms with van der Waals surface area (Å²) in [7, 11) is 0.0806. The maximum atomic E-state index is 5.86. The average molecular weight is 392 g/mol. The van der Waals surface area contributed by atoms with Crippen LogP contribution in [0.4, 0.5) is 0 Å². The van der Waals surface area contributed by atoms with Crippen molar-refractivity contribution in [3.63, 3.8) is 0 Å². The van der Waals surface area contributed by atoms with Crippen molar-refractivity contribution in [2.45, 2.75) is 12.5 Å². The van der Waals surface area contributed by atoms with E-state index < -0.39 is 8.31 Å². The Kier molecular flexibility index (Phi) is 3.86. The van der Waals surface area contributed by atoms with Gasteiger partial charge in [-0.2, -0.15) is 0 Å². The van der Waals surface area contributed by atoms with Crippen molar-refractivity contribution in [1.29, 1.82) is 0 Å². The molecule has 0 saturated carbocycles. The lowest BCUT2D eigenvalue weighted by Crippen LogP contribution is -2.41. The molecule has 0 spiro atoms. The van der Waals surface area contributed by atoms with E-state index in [1.165, 1.54) is 55.6 Å². The first-order chi connectivity index (χ1) is 13.9. The first-order valence-corrected chi connectivity index (χ1v) is 13.5. The lowest BCUT2D eigenvalue weighted by Gasteiger charge is -2.21. The van der Waals surface area contributed by atoms with Gasteiger partial charge in [0.05, 0.1) is 0 Å². The van der Waals surface area contributed by atoms with Crippen molar-refractivity contribution >= 4 is 65.9 Å². The quantitative estimate of drug-likeness (QED) is 0.207. The van der Waals surface area contributed by atoms with Gasteiger partial charge < -0.3 is 4.43 Å². The zero-order valence-corrected chi connectivity index (χ0v) is 17.5. The van der Waals surface area contributed by atoms with Crippen LogP contribution >= 0.6 is 0 Å². The van der Waals surface area contributed by atoms with E-state index in [1.807, 2.05) is 0 Å². The Morgan fingerprint density at radius 1 is 0.643 bits per heavy atom. The zero-order chi connectivity index (χ0) is 18.5. The SMILES string of the molecule is c1ccc2cc3c(ccc4cc5cccc([Si]6CCCO[Si]6)c5cc43)cc2c1. The Hall–Kier alpha value is -2.47. The van der Waals surface area contributed by atoms with Crippen LogP contribution in [0.15, 0.2) is 78.9 Å². The average Bonchev–Trinajstić information content (AvgIpc) is 2.76. The fraction of sp³-hybridized carbons (Fsp3) is 0.120. The molecular weight excluding hydrogens is 372 g/mol. The normalized spacial score (nSPS) is 15.7. The second-order valence-electron chi connectivity index (χ2n) is 7.62. The van der Waals surface area contributed by atoms with Crippen molar-refractivity contribution in [3.05, 3.63) is 78.9 Å². The molecule has 0 N–H and O–H groups in total. The third-order valence-corrected chi connectivity index (χ3v) is 11.2. The number of benzene rings is 5. The summed E-state index contributed by atoms with van der Waals surface area (Å²) in [5, 5.41) is 12.3. The summed E-state index contributed by atoms with van der Waals surface area (Å²) in [6.07, 6.45) is 1.21. The molecule has 1 nitrogen and oxygen atoms in total. The van der Waals surface area contributed by atoms with Crippen LogP contribution in [0.25, 0.3) is 43.1 Å². The summed E-state index contributed by atoms with van der Waals surface area (Å²) in [5.74, 6) is 0. The molecule has 133 valence electrons. The minimum absolute atomic E-state index is 0.600. The fourth-order valence-corrected chi connectivity index (χ4v) is 9.37. The molecule has 5 aromatic rings. The van der Waals surface area contributed by atoms with Crippen LogP contribution < -0.4 is 5.19 Å². The van der Waals surface area contributed by atoms with Gasteiger partial charge in [-0.1, -0.05) is 65.8 Å². The Labute approximate surface area is 168 Å². The van der Waals surface area contributed by atoms with Crippen LogP contribution in [0.5, 0.6) is 0 Å². The molecule has 1 fully saturated rings. The lowest BCUT2D eigenvalue weighted by molar-refractivity contribution is 0.336. The van der Waals surface area contributed by atoms with Crippen molar-refractivity contribution in [3.8, 4) is 0 Å². The molecule has 3 radical (unpaired) electrons. The Morgan fingerprint density at radius 3 is 2.11 bits per heavy atom. The lowest BCUT2D eigenvalue weighted by atomic mass is 9.96. The Bertz CT molecular complexity index is 1350. The first kappa shape index (κ1) is 16.5. The minimum Gasteiger partial charge on any atom is -0.421 e. The van der Waals surface area contributed by atoms with E-state index in [0.717, 1.165) is 6.61 Å². The molecule has 6 rings (SSSR count). The summed E-state index contributed by atoms with van der Waals surface area (Å²) in [5.41, 5.74) is 0. The van der Waals surface area contributed by atoms with Gasteiger partial charge in [-0.25, -0.2) is 0 Å². The highest BCUT2D eigenvalue weighted by Gasteiger charge is 2.22. The third kappa shape index (κ3) is 2.62. The van der Waals surface area contributed by atoms with Crippen LogP contribution in [0.2, 0.25) is 6.04 Å². The van der Waals surface area contributed by atoms with Gasteiger partial charge in [0.25, 0.3) is 0 Å². The predicted molar refractivity (Wildman–Crippen MR) is 123 cm³/mol. The van der Waals surface area contributed by atoms with E-state index in [9.17, 15) is 0 Å². The molecule has 28 heavy (non-hydrogen) atoms. The monoisotopic (exact) mass is 391 g/mol. The summed E-state index contributed by atoms with van der Waals surface area (Å²) in [6.45, 7) is 0.942. The zero-order valence-electron chi connectivity index (χ0n) is 15.5. The molecule has 3 heteroatoms. The topological polar surface area (TPSA) is 9.23 Å². The van der Waals surface area contributed by atoms with E-state index in [2.05, 4.69) is 78.9 Å². The highest BCUT2D eigenvalue weighted by molar-refractivity contribution is 7.17. The Morgan fingerprint density at radius 2 is 1.32 bits per heavy atom. The van der Waals surface area contributed by atoms with Crippen LogP contribution in [0.3, 0.4) is 0 Å². The highest BCUT2D eigenvalue weighted by Crippen LogP contribution is 2.32. The van der Waals surface area contributed by atoms with E-state index >= 15 is 0 Å². The number of hydrogen-bond acceptors (Lipinski definition) is 1. The first-order valence-electron chi connectivity index (χ1n) is 9.89. The van der Waals surface area contributed by atoms with Gasteiger partial charge >= 0.3 is 0 Å². The van der Waals surface area contributed by atoms with Crippen molar-refractivity contribution in [2.24, 2.45) is 0 Å². The van der Waals surface area contributed by atoms with Crippen molar-refractivity contribution in [1.82, 2.24) is 0 Å². The van der Waals surface area contributed by atoms with E-state index in [4.69, 9.17) is 4.43 Å². The fourth-order valence-electron chi connectivity index (χ4n) is 4.49. The largest absolute Gasteiger partial charge is 0.421 e. The summed E-state index contributed by atoms with van der Waals surface area (Å²) >= 11 is 0. The molecule has 0 amide bonds. The second-order valence-corrected chi connectivity index (χ2v) is 12.5. The van der Waals surface area contributed by atoms with Crippen LogP contribution in [-0.2, 0) is 4.43 Å². The van der Waals surface area contributed by atoms with Gasteiger partial charge in [0.15, 0.2) is 0 Å². The van der Waals surface area contributed by atoms with Gasteiger partial charge in [-0.3, -0.25) is 0 Å². The van der Waals surface area contributed by atoms with Crippen LogP contribution in [0.1, 0.15) is 6.42 Å². The molecule has 0 unspecified atom stereocenters. The Balaban J connectivity index is 1.67. The number of rotatable bonds is 1. The predicted octanol–water partition coefficient (Wildman–Crippen LogP) is 5.54. The summed E-state index contributed by atoms with van der Waals surface area (Å²) < 4.78 is 5.86. The third-order valence-electron chi connectivity index (χ3n) is 5.89. The van der Waals surface area contributed by atoms with E-state index in [1.54, 1.807) is 5.19 Å². The van der Waals surface area contributed by atoms with Gasteiger partial charge in [0.1, 0.15) is 8.31 Å². The summed E-state index contributed by atoms with van der Waals surface area (Å²) in [4.78, 5) is 0. The highest BCUT2D eigenvalue weighted by atomic mass is 29.2. The van der Waals surface area contributed by atoms with Gasteiger partial charge in [-0.05, 0) is 73.8 Å². The molecule has 0 aliphatic carbocycles. The molecule has 0 bridgehead atoms. The smallest absolute Gasteiger partial charge is 0.215 e. The van der Waals surface area contributed by atoms with E-state index in [0.29, 0.717) is 9.28 Å². The van der Waals surface area contributed by atoms with Crippen molar-refractivity contribution in [2.75, 3.05) is 6.61 Å². The molecule has 0 aromatic heterocycles. The van der Waals surface area contributed by atoms with E-state index in [-0.39, 0.29) is 0 Å².